The van der Waals surface area contributed by atoms with Gasteiger partial charge >= 0.3 is 12.0 Å². The van der Waals surface area contributed by atoms with E-state index in [2.05, 4.69) is 20.6 Å². The van der Waals surface area contributed by atoms with E-state index in [0.717, 1.165) is 48.5 Å². The second-order valence-corrected chi connectivity index (χ2v) is 7.08. The quantitative estimate of drug-likeness (QED) is 0.786. The van der Waals surface area contributed by atoms with Crippen LogP contribution in [0.15, 0.2) is 30.3 Å². The smallest absolute Gasteiger partial charge is 0.319 e. The van der Waals surface area contributed by atoms with Crippen LogP contribution in [0.25, 0.3) is 0 Å². The number of amides is 2. The Morgan fingerprint density at radius 1 is 1.07 bits per heavy atom. The molecule has 2 N–H and O–H groups in total. The van der Waals surface area contributed by atoms with Crippen molar-refractivity contribution in [2.45, 2.75) is 58.6 Å². The summed E-state index contributed by atoms with van der Waals surface area (Å²) >= 11 is 0. The zero-order valence-electron chi connectivity index (χ0n) is 16.7. The molecule has 2 amide bonds. The zero-order chi connectivity index (χ0) is 19.9. The van der Waals surface area contributed by atoms with E-state index in [4.69, 9.17) is 9.47 Å². The lowest BCUT2D eigenvalue weighted by molar-refractivity contribution is 0.129. The Morgan fingerprint density at radius 3 is 2.32 bits per heavy atom. The van der Waals surface area contributed by atoms with Crippen LogP contribution in [0.5, 0.6) is 11.8 Å². The third-order valence-corrected chi connectivity index (χ3v) is 4.67. The molecule has 0 radical (unpaired) electrons. The summed E-state index contributed by atoms with van der Waals surface area (Å²) in [7, 11) is 0. The fourth-order valence-electron chi connectivity index (χ4n) is 3.37. The van der Waals surface area contributed by atoms with Crippen LogP contribution in [0, 0.1) is 13.8 Å². The molecule has 2 aromatic rings. The number of aryl methyl sites for hydroxylation is 2. The first-order valence-corrected chi connectivity index (χ1v) is 9.81. The molecule has 1 fully saturated rings. The first-order chi connectivity index (χ1) is 13.5. The summed E-state index contributed by atoms with van der Waals surface area (Å²) < 4.78 is 11.3. The van der Waals surface area contributed by atoms with Gasteiger partial charge in [-0.25, -0.2) is 14.8 Å². The number of urea groups is 1. The standard InChI is InChI=1S/C21H28N4O3/c1-4-27-18-9-5-16(6-10-18)24-20(26)25-17-7-11-19(12-8-17)28-21-22-14(2)13-15(3)23-21/h5-6,9-10,13,17,19H,4,7-8,11-12H2,1-3H3,(H2,24,25,26). The summed E-state index contributed by atoms with van der Waals surface area (Å²) in [6.45, 7) is 6.43. The fraction of sp³-hybridized carbons (Fsp3) is 0.476. The molecule has 1 aromatic carbocycles. The maximum atomic E-state index is 12.2. The molecule has 0 bridgehead atoms. The van der Waals surface area contributed by atoms with E-state index in [1.54, 1.807) is 0 Å². The van der Waals surface area contributed by atoms with Crippen molar-refractivity contribution in [2.24, 2.45) is 0 Å². The van der Waals surface area contributed by atoms with E-state index in [9.17, 15) is 4.79 Å². The van der Waals surface area contributed by atoms with Crippen LogP contribution >= 0.6 is 0 Å². The molecular formula is C21H28N4O3. The van der Waals surface area contributed by atoms with Gasteiger partial charge in [-0.2, -0.15) is 0 Å². The number of carbonyl (C=O) groups is 1. The lowest BCUT2D eigenvalue weighted by atomic mass is 9.93. The summed E-state index contributed by atoms with van der Waals surface area (Å²) in [4.78, 5) is 20.9. The van der Waals surface area contributed by atoms with Crippen LogP contribution < -0.4 is 20.1 Å². The van der Waals surface area contributed by atoms with Gasteiger partial charge in [-0.3, -0.25) is 0 Å². The van der Waals surface area contributed by atoms with Crippen LogP contribution in [0.4, 0.5) is 10.5 Å². The Bertz CT molecular complexity index is 766. The molecule has 1 aliphatic rings. The monoisotopic (exact) mass is 384 g/mol. The Kier molecular flexibility index (Phi) is 6.68. The normalized spacial score (nSPS) is 19.0. The van der Waals surface area contributed by atoms with Crippen molar-refractivity contribution in [2.75, 3.05) is 11.9 Å². The van der Waals surface area contributed by atoms with E-state index < -0.39 is 0 Å². The zero-order valence-corrected chi connectivity index (χ0v) is 16.7. The average Bonchev–Trinajstić information content (AvgIpc) is 2.64. The van der Waals surface area contributed by atoms with Gasteiger partial charge in [0.25, 0.3) is 0 Å². The second kappa shape index (κ2) is 9.39. The van der Waals surface area contributed by atoms with Gasteiger partial charge in [0.05, 0.1) is 6.61 Å². The molecule has 0 aliphatic heterocycles. The molecule has 0 spiro atoms. The Hall–Kier alpha value is -2.83. The number of nitrogens with zero attached hydrogens (tertiary/aromatic N) is 2. The first-order valence-electron chi connectivity index (χ1n) is 9.81. The minimum atomic E-state index is -0.189. The number of hydrogen-bond acceptors (Lipinski definition) is 5. The predicted octanol–water partition coefficient (Wildman–Crippen LogP) is 4.00. The third kappa shape index (κ3) is 5.84. The Morgan fingerprint density at radius 2 is 1.71 bits per heavy atom. The lowest BCUT2D eigenvalue weighted by Gasteiger charge is -2.29. The molecule has 1 aromatic heterocycles. The predicted molar refractivity (Wildman–Crippen MR) is 108 cm³/mol. The van der Waals surface area contributed by atoms with Gasteiger partial charge in [-0.1, -0.05) is 0 Å². The van der Waals surface area contributed by atoms with Gasteiger partial charge in [0.15, 0.2) is 0 Å². The van der Waals surface area contributed by atoms with Crippen LogP contribution in [0.3, 0.4) is 0 Å². The molecule has 1 saturated carbocycles. The van der Waals surface area contributed by atoms with E-state index >= 15 is 0 Å². The average molecular weight is 384 g/mol. The van der Waals surface area contributed by atoms with Gasteiger partial charge in [0.1, 0.15) is 11.9 Å². The van der Waals surface area contributed by atoms with Crippen LogP contribution in [0.2, 0.25) is 0 Å². The fourth-order valence-corrected chi connectivity index (χ4v) is 3.37. The summed E-state index contributed by atoms with van der Waals surface area (Å²) in [5.74, 6) is 0.791. The Balaban J connectivity index is 1.42. The first kappa shape index (κ1) is 19.9. The number of ether oxygens (including phenoxy) is 2. The van der Waals surface area contributed by atoms with E-state index in [0.29, 0.717) is 12.6 Å². The maximum absolute atomic E-state index is 12.2. The van der Waals surface area contributed by atoms with Crippen molar-refractivity contribution in [3.05, 3.63) is 41.7 Å². The van der Waals surface area contributed by atoms with Crippen molar-refractivity contribution in [3.8, 4) is 11.8 Å². The van der Waals surface area contributed by atoms with Crippen molar-refractivity contribution >= 4 is 11.7 Å². The summed E-state index contributed by atoms with van der Waals surface area (Å²) in [5, 5.41) is 5.91. The lowest BCUT2D eigenvalue weighted by Crippen LogP contribution is -2.41. The molecule has 7 nitrogen and oxygen atoms in total. The van der Waals surface area contributed by atoms with Gasteiger partial charge in [-0.15, -0.1) is 0 Å². The Labute approximate surface area is 165 Å². The molecule has 28 heavy (non-hydrogen) atoms. The van der Waals surface area contributed by atoms with Gasteiger partial charge < -0.3 is 20.1 Å². The number of hydrogen-bond donors (Lipinski definition) is 2. The van der Waals surface area contributed by atoms with Crippen LogP contribution in [-0.2, 0) is 0 Å². The number of rotatable bonds is 6. The molecule has 1 aliphatic carbocycles. The SMILES string of the molecule is CCOc1ccc(NC(=O)NC2CCC(Oc3nc(C)cc(C)n3)CC2)cc1. The van der Waals surface area contributed by atoms with Gasteiger partial charge in [0.2, 0.25) is 0 Å². The highest BCUT2D eigenvalue weighted by Gasteiger charge is 2.24. The molecule has 0 unspecified atom stereocenters. The van der Waals surface area contributed by atoms with Gasteiger partial charge in [-0.05, 0) is 76.8 Å². The number of carbonyl (C=O) groups excluding carboxylic acids is 1. The minimum Gasteiger partial charge on any atom is -0.494 e. The highest BCUT2D eigenvalue weighted by molar-refractivity contribution is 5.89. The number of aromatic nitrogens is 2. The van der Waals surface area contributed by atoms with Crippen molar-refractivity contribution in [1.82, 2.24) is 15.3 Å². The van der Waals surface area contributed by atoms with E-state index in [-0.39, 0.29) is 18.2 Å². The molecule has 0 atom stereocenters. The molecular weight excluding hydrogens is 356 g/mol. The molecule has 150 valence electrons. The number of benzene rings is 1. The second-order valence-electron chi connectivity index (χ2n) is 7.08. The van der Waals surface area contributed by atoms with Crippen LogP contribution in [-0.4, -0.2) is 34.8 Å². The molecule has 1 heterocycles. The van der Waals surface area contributed by atoms with E-state index in [1.165, 1.54) is 0 Å². The van der Waals surface area contributed by atoms with Crippen molar-refractivity contribution in [3.63, 3.8) is 0 Å². The minimum absolute atomic E-state index is 0.0911. The maximum Gasteiger partial charge on any atom is 0.319 e. The highest BCUT2D eigenvalue weighted by atomic mass is 16.5. The molecule has 3 rings (SSSR count). The van der Waals surface area contributed by atoms with Crippen LogP contribution in [0.1, 0.15) is 44.0 Å². The third-order valence-electron chi connectivity index (χ3n) is 4.67. The molecule has 7 heteroatoms. The van der Waals surface area contributed by atoms with Crippen molar-refractivity contribution < 1.29 is 14.3 Å². The number of nitrogens with one attached hydrogen (secondary N) is 2. The topological polar surface area (TPSA) is 85.4 Å². The highest BCUT2D eigenvalue weighted by Crippen LogP contribution is 2.23. The summed E-state index contributed by atoms with van der Waals surface area (Å²) in [6.07, 6.45) is 3.56. The summed E-state index contributed by atoms with van der Waals surface area (Å²) in [5.41, 5.74) is 2.55. The number of anilines is 1. The van der Waals surface area contributed by atoms with E-state index in [1.807, 2.05) is 51.1 Å². The summed E-state index contributed by atoms with van der Waals surface area (Å²) in [6, 6.07) is 9.68. The van der Waals surface area contributed by atoms with Gasteiger partial charge in [0, 0.05) is 23.1 Å². The molecule has 0 saturated heterocycles. The van der Waals surface area contributed by atoms with Crippen molar-refractivity contribution in [1.29, 1.82) is 0 Å². The largest absolute Gasteiger partial charge is 0.494 e.